The fourth-order valence-corrected chi connectivity index (χ4v) is 7.94. The summed E-state index contributed by atoms with van der Waals surface area (Å²) in [6.07, 6.45) is 0.615. The minimum atomic E-state index is -0.359. The van der Waals surface area contributed by atoms with Crippen molar-refractivity contribution in [2.24, 2.45) is 0 Å². The summed E-state index contributed by atoms with van der Waals surface area (Å²) in [6, 6.07) is 27.7. The van der Waals surface area contributed by atoms with Gasteiger partial charge in [0.2, 0.25) is 35.4 Å². The molecule has 6 rings (SSSR count). The highest BCUT2D eigenvalue weighted by Crippen LogP contribution is 2.34. The van der Waals surface area contributed by atoms with Gasteiger partial charge in [0.1, 0.15) is 0 Å². The Kier molecular flexibility index (Phi) is 14.7. The lowest BCUT2D eigenvalue weighted by molar-refractivity contribution is -0.123. The second kappa shape index (κ2) is 20.7. The van der Waals surface area contributed by atoms with Gasteiger partial charge in [0.15, 0.2) is 0 Å². The van der Waals surface area contributed by atoms with Gasteiger partial charge in [0.05, 0.1) is 38.9 Å². The monoisotopic (exact) mass is 832 g/mol. The fourth-order valence-electron chi connectivity index (χ4n) is 5.93. The minimum Gasteiger partial charge on any atom is -0.347 e. The average molecular weight is 833 g/mol. The second-order valence-electron chi connectivity index (χ2n) is 13.2. The van der Waals surface area contributed by atoms with Gasteiger partial charge in [-0.05, 0) is 120 Å². The molecule has 6 amide bonds. The van der Waals surface area contributed by atoms with Gasteiger partial charge in [-0.1, -0.05) is 36.4 Å². The number of thiophene rings is 3. The molecule has 12 nitrogen and oxygen atoms in total. The van der Waals surface area contributed by atoms with Gasteiger partial charge in [-0.25, -0.2) is 0 Å². The van der Waals surface area contributed by atoms with E-state index in [1.807, 2.05) is 86.9 Å². The second-order valence-corrected chi connectivity index (χ2v) is 15.5. The van der Waals surface area contributed by atoms with Crippen molar-refractivity contribution in [1.82, 2.24) is 16.0 Å². The highest BCUT2D eigenvalue weighted by molar-refractivity contribution is 7.08. The Bertz CT molecular complexity index is 2030. The van der Waals surface area contributed by atoms with Crippen molar-refractivity contribution in [2.45, 2.75) is 25.2 Å². The van der Waals surface area contributed by atoms with Crippen LogP contribution in [0.25, 0.3) is 0 Å². The quantitative estimate of drug-likeness (QED) is 0.0585. The topological polar surface area (TPSA) is 175 Å². The number of carbonyl (C=O) groups is 6. The maximum atomic E-state index is 12.7. The van der Waals surface area contributed by atoms with Gasteiger partial charge in [0.25, 0.3) is 0 Å². The molecule has 58 heavy (non-hydrogen) atoms. The van der Waals surface area contributed by atoms with Gasteiger partial charge in [-0.3, -0.25) is 28.8 Å². The molecule has 0 saturated heterocycles. The number of carbonyl (C=O) groups excluding carboxylic acids is 6. The Morgan fingerprint density at radius 2 is 0.655 bits per heavy atom. The molecule has 0 radical (unpaired) electrons. The molecule has 3 aromatic carbocycles. The maximum Gasteiger partial charge on any atom is 0.243 e. The van der Waals surface area contributed by atoms with Crippen LogP contribution in [0.5, 0.6) is 0 Å². The molecular formula is C43H40N6O6S3. The predicted octanol–water partition coefficient (Wildman–Crippen LogP) is 5.94. The van der Waals surface area contributed by atoms with Gasteiger partial charge < -0.3 is 31.9 Å². The molecule has 0 aliphatic heterocycles. The number of hydrogen-bond acceptors (Lipinski definition) is 9. The molecule has 0 aliphatic carbocycles. The van der Waals surface area contributed by atoms with Crippen LogP contribution >= 0.6 is 34.0 Å². The van der Waals surface area contributed by atoms with Gasteiger partial charge >= 0.3 is 0 Å². The molecule has 0 atom stereocenters. The molecule has 0 aliphatic rings. The normalized spacial score (nSPS) is 10.7. The van der Waals surface area contributed by atoms with Crippen molar-refractivity contribution in [3.8, 4) is 0 Å². The van der Waals surface area contributed by atoms with E-state index in [0.717, 1.165) is 33.4 Å². The number of nitrogens with one attached hydrogen (secondary N) is 6. The van der Waals surface area contributed by atoms with E-state index in [1.165, 1.54) is 34.0 Å². The summed E-state index contributed by atoms with van der Waals surface area (Å²) in [5.74, 6) is -2.08. The first-order valence-electron chi connectivity index (χ1n) is 18.2. The van der Waals surface area contributed by atoms with Gasteiger partial charge in [0, 0.05) is 23.0 Å². The van der Waals surface area contributed by atoms with Crippen LogP contribution in [0.2, 0.25) is 0 Å². The van der Waals surface area contributed by atoms with Crippen LogP contribution < -0.4 is 31.9 Å². The van der Waals surface area contributed by atoms with Crippen molar-refractivity contribution in [1.29, 1.82) is 0 Å². The van der Waals surface area contributed by atoms with E-state index in [4.69, 9.17) is 0 Å². The maximum absolute atomic E-state index is 12.7. The summed E-state index contributed by atoms with van der Waals surface area (Å²) in [7, 11) is 0. The average Bonchev–Trinajstić information content (AvgIpc) is 4.04. The zero-order valence-corrected chi connectivity index (χ0v) is 33.6. The molecular weight excluding hydrogens is 793 g/mol. The van der Waals surface area contributed by atoms with Crippen LogP contribution in [0.4, 0.5) is 17.1 Å². The van der Waals surface area contributed by atoms with E-state index < -0.39 is 0 Å². The van der Waals surface area contributed by atoms with Crippen molar-refractivity contribution in [3.05, 3.63) is 157 Å². The highest BCUT2D eigenvalue weighted by Gasteiger charge is 2.19. The lowest BCUT2D eigenvalue weighted by Gasteiger charge is -2.20. The van der Waals surface area contributed by atoms with Crippen molar-refractivity contribution in [3.63, 3.8) is 0 Å². The number of benzene rings is 3. The summed E-state index contributed by atoms with van der Waals surface area (Å²) < 4.78 is 0. The molecule has 0 fully saturated rings. The van der Waals surface area contributed by atoms with Crippen molar-refractivity contribution >= 4 is 86.5 Å². The first-order valence-corrected chi connectivity index (χ1v) is 21.0. The molecule has 0 unspecified atom stereocenters. The molecule has 0 saturated carbocycles. The number of amides is 6. The van der Waals surface area contributed by atoms with Gasteiger partial charge in [-0.2, -0.15) is 34.0 Å². The summed E-state index contributed by atoms with van der Waals surface area (Å²) in [4.78, 5) is 74.7. The van der Waals surface area contributed by atoms with Crippen LogP contribution in [0.1, 0.15) is 39.3 Å². The molecule has 0 spiro atoms. The van der Waals surface area contributed by atoms with Crippen LogP contribution in [0.15, 0.2) is 123 Å². The van der Waals surface area contributed by atoms with E-state index >= 15 is 0 Å². The van der Waals surface area contributed by atoms with Crippen molar-refractivity contribution in [2.75, 3.05) is 35.6 Å². The molecule has 0 bridgehead atoms. The zero-order chi connectivity index (χ0) is 40.7. The minimum absolute atomic E-state index is 0.165. The molecule has 296 valence electrons. The van der Waals surface area contributed by atoms with E-state index in [1.54, 1.807) is 36.4 Å². The third-order valence-corrected chi connectivity index (χ3v) is 11.0. The molecule has 6 N–H and O–H groups in total. The smallest absolute Gasteiger partial charge is 0.243 e. The third-order valence-electron chi connectivity index (χ3n) is 8.76. The fraction of sp³-hybridized carbons (Fsp3) is 0.163. The first-order chi connectivity index (χ1) is 28.2. The van der Waals surface area contributed by atoms with Crippen molar-refractivity contribution < 1.29 is 28.8 Å². The lowest BCUT2D eigenvalue weighted by Crippen LogP contribution is -2.33. The standard InChI is InChI=1S/C43H40N6O6S3/c50-37(19-28-13-16-56-25-28)44-22-40(53)47-34-7-1-31(2-8-34)43(32-3-9-35(10-4-32)48-41(54)23-45-38(51)20-29-14-17-57-26-29)33-5-11-36(12-6-33)49-42(55)24-46-39(52)21-30-15-18-58-27-30/h1-18,25-27,43H,19-24H2,(H,44,50)(H,45,51)(H,46,52)(H,47,53)(H,48,54)(H,49,55). The van der Waals surface area contributed by atoms with Crippen LogP contribution in [-0.4, -0.2) is 55.1 Å². The van der Waals surface area contributed by atoms with Crippen LogP contribution in [-0.2, 0) is 48.0 Å². The van der Waals surface area contributed by atoms with Gasteiger partial charge in [-0.15, -0.1) is 0 Å². The Labute approximate surface area is 347 Å². The Balaban J connectivity index is 1.10. The van der Waals surface area contributed by atoms with Crippen LogP contribution in [0.3, 0.4) is 0 Å². The Morgan fingerprint density at radius 3 is 0.897 bits per heavy atom. The predicted molar refractivity (Wildman–Crippen MR) is 229 cm³/mol. The Hall–Kier alpha value is -6.42. The zero-order valence-electron chi connectivity index (χ0n) is 31.1. The lowest BCUT2D eigenvalue weighted by atomic mass is 9.85. The summed E-state index contributed by atoms with van der Waals surface area (Å²) in [5, 5.41) is 27.8. The molecule has 6 aromatic rings. The summed E-state index contributed by atoms with van der Waals surface area (Å²) in [5.41, 5.74) is 7.05. The number of anilines is 3. The third kappa shape index (κ3) is 12.8. The Morgan fingerprint density at radius 1 is 0.379 bits per heavy atom. The first kappa shape index (κ1) is 41.2. The summed E-state index contributed by atoms with van der Waals surface area (Å²) in [6.45, 7) is -0.494. The largest absolute Gasteiger partial charge is 0.347 e. The summed E-state index contributed by atoms with van der Waals surface area (Å²) >= 11 is 4.52. The SMILES string of the molecule is O=C(Cc1ccsc1)NCC(=O)Nc1ccc(C(c2ccc(NC(=O)CNC(=O)Cc3ccsc3)cc2)c2ccc(NC(=O)CNC(=O)Cc3ccsc3)cc2)cc1. The van der Waals surface area contributed by atoms with E-state index in [2.05, 4.69) is 31.9 Å². The molecule has 15 heteroatoms. The van der Waals surface area contributed by atoms with E-state index in [-0.39, 0.29) is 80.3 Å². The molecule has 3 heterocycles. The number of hydrogen-bond donors (Lipinski definition) is 6. The number of rotatable bonds is 18. The molecule has 3 aromatic heterocycles. The van der Waals surface area contributed by atoms with Crippen LogP contribution in [0, 0.1) is 0 Å². The van der Waals surface area contributed by atoms with E-state index in [0.29, 0.717) is 17.1 Å². The highest BCUT2D eigenvalue weighted by atomic mass is 32.1. The van der Waals surface area contributed by atoms with E-state index in [9.17, 15) is 28.8 Å².